The molecular weight excluding hydrogens is 254 g/mol. The second-order valence-corrected chi connectivity index (χ2v) is 4.78. The van der Waals surface area contributed by atoms with Crippen LogP contribution in [0, 0.1) is 0 Å². The molecular formula is C13H16ClNO3. The van der Waals surface area contributed by atoms with Crippen LogP contribution in [-0.4, -0.2) is 22.5 Å². The zero-order valence-corrected chi connectivity index (χ0v) is 11.1. The maximum absolute atomic E-state index is 11.8. The number of halogens is 1. The summed E-state index contributed by atoms with van der Waals surface area (Å²) in [6.07, 6.45) is 0.438. The van der Waals surface area contributed by atoms with Crippen molar-refractivity contribution in [2.24, 2.45) is 0 Å². The highest BCUT2D eigenvalue weighted by atomic mass is 35.5. The van der Waals surface area contributed by atoms with Crippen molar-refractivity contribution in [3.63, 3.8) is 0 Å². The summed E-state index contributed by atoms with van der Waals surface area (Å²) in [4.78, 5) is 22.8. The largest absolute Gasteiger partial charge is 0.480 e. The van der Waals surface area contributed by atoms with Crippen LogP contribution in [0.4, 0.5) is 0 Å². The van der Waals surface area contributed by atoms with E-state index in [4.69, 9.17) is 16.7 Å². The van der Waals surface area contributed by atoms with Gasteiger partial charge in [-0.25, -0.2) is 4.79 Å². The molecule has 0 aliphatic rings. The Kier molecular flexibility index (Phi) is 4.73. The number of carbonyl (C=O) groups is 2. The maximum Gasteiger partial charge on any atom is 0.329 e. The molecule has 1 rings (SSSR count). The highest BCUT2D eigenvalue weighted by Crippen LogP contribution is 2.13. The van der Waals surface area contributed by atoms with Gasteiger partial charge < -0.3 is 10.4 Å². The lowest BCUT2D eigenvalue weighted by Crippen LogP contribution is -2.52. The standard InChI is InChI=1S/C13H16ClNO3/c1-3-13(2,12(17)18)15-11(16)8-9-5-4-6-10(14)7-9/h4-7H,3,8H2,1-2H3,(H,15,16)(H,17,18). The molecule has 0 aliphatic heterocycles. The smallest absolute Gasteiger partial charge is 0.329 e. The van der Waals surface area contributed by atoms with Crippen molar-refractivity contribution in [2.75, 3.05) is 0 Å². The molecule has 1 amide bonds. The number of aliphatic carboxylic acids is 1. The van der Waals surface area contributed by atoms with Crippen LogP contribution in [0.1, 0.15) is 25.8 Å². The van der Waals surface area contributed by atoms with E-state index in [2.05, 4.69) is 5.32 Å². The fraction of sp³-hybridized carbons (Fsp3) is 0.385. The van der Waals surface area contributed by atoms with Crippen molar-refractivity contribution in [3.8, 4) is 0 Å². The monoisotopic (exact) mass is 269 g/mol. The molecule has 1 aromatic carbocycles. The Labute approximate surface area is 111 Å². The van der Waals surface area contributed by atoms with Crippen LogP contribution in [0.25, 0.3) is 0 Å². The first-order chi connectivity index (χ1) is 8.37. The molecule has 0 aliphatic carbocycles. The predicted molar refractivity (Wildman–Crippen MR) is 69.6 cm³/mol. The minimum atomic E-state index is -1.23. The number of amides is 1. The Bertz CT molecular complexity index is 461. The number of carboxylic acid groups (broad SMARTS) is 1. The van der Waals surface area contributed by atoms with Crippen molar-refractivity contribution in [1.29, 1.82) is 0 Å². The van der Waals surface area contributed by atoms with Crippen molar-refractivity contribution >= 4 is 23.5 Å². The lowest BCUT2D eigenvalue weighted by Gasteiger charge is -2.24. The average Bonchev–Trinajstić information content (AvgIpc) is 2.28. The summed E-state index contributed by atoms with van der Waals surface area (Å²) in [6, 6.07) is 6.93. The van der Waals surface area contributed by atoms with E-state index in [1.54, 1.807) is 31.2 Å². The van der Waals surface area contributed by atoms with Gasteiger partial charge in [-0.2, -0.15) is 0 Å². The molecule has 0 heterocycles. The number of benzene rings is 1. The second-order valence-electron chi connectivity index (χ2n) is 4.35. The molecule has 4 nitrogen and oxygen atoms in total. The van der Waals surface area contributed by atoms with E-state index in [0.29, 0.717) is 11.4 Å². The maximum atomic E-state index is 11.8. The van der Waals surface area contributed by atoms with Gasteiger partial charge in [-0.1, -0.05) is 30.7 Å². The van der Waals surface area contributed by atoms with Gasteiger partial charge in [-0.05, 0) is 31.0 Å². The SMILES string of the molecule is CCC(C)(NC(=O)Cc1cccc(Cl)c1)C(=O)O. The zero-order valence-electron chi connectivity index (χ0n) is 10.4. The van der Waals surface area contributed by atoms with Gasteiger partial charge in [0.25, 0.3) is 0 Å². The van der Waals surface area contributed by atoms with Crippen LogP contribution in [-0.2, 0) is 16.0 Å². The highest BCUT2D eigenvalue weighted by molar-refractivity contribution is 6.30. The summed E-state index contributed by atoms with van der Waals surface area (Å²) in [5.41, 5.74) is -0.473. The van der Waals surface area contributed by atoms with Crippen molar-refractivity contribution in [1.82, 2.24) is 5.32 Å². The zero-order chi connectivity index (χ0) is 13.8. The minimum absolute atomic E-state index is 0.115. The van der Waals surface area contributed by atoms with Gasteiger partial charge >= 0.3 is 5.97 Å². The third-order valence-electron chi connectivity index (χ3n) is 2.85. The lowest BCUT2D eigenvalue weighted by atomic mass is 9.98. The van der Waals surface area contributed by atoms with Crippen LogP contribution in [0.5, 0.6) is 0 Å². The van der Waals surface area contributed by atoms with E-state index in [1.807, 2.05) is 0 Å². The molecule has 1 atom stereocenters. The molecule has 0 saturated carbocycles. The first-order valence-electron chi connectivity index (χ1n) is 5.66. The highest BCUT2D eigenvalue weighted by Gasteiger charge is 2.32. The van der Waals surface area contributed by atoms with Crippen molar-refractivity contribution < 1.29 is 14.7 Å². The minimum Gasteiger partial charge on any atom is -0.480 e. The van der Waals surface area contributed by atoms with Gasteiger partial charge in [0.1, 0.15) is 5.54 Å². The molecule has 5 heteroatoms. The molecule has 0 spiro atoms. The summed E-state index contributed by atoms with van der Waals surface area (Å²) in [5.74, 6) is -1.37. The van der Waals surface area contributed by atoms with Gasteiger partial charge in [-0.3, -0.25) is 4.79 Å². The topological polar surface area (TPSA) is 66.4 Å². The van der Waals surface area contributed by atoms with E-state index in [0.717, 1.165) is 5.56 Å². The molecule has 0 saturated heterocycles. The van der Waals surface area contributed by atoms with Crippen LogP contribution in [0.15, 0.2) is 24.3 Å². The Hall–Kier alpha value is -1.55. The fourth-order valence-electron chi connectivity index (χ4n) is 1.48. The third kappa shape index (κ3) is 3.74. The Balaban J connectivity index is 2.70. The normalized spacial score (nSPS) is 13.7. The van der Waals surface area contributed by atoms with Gasteiger partial charge in [0.2, 0.25) is 5.91 Å². The number of rotatable bonds is 5. The molecule has 1 unspecified atom stereocenters. The van der Waals surface area contributed by atoms with Crippen LogP contribution >= 0.6 is 11.6 Å². The van der Waals surface area contributed by atoms with E-state index < -0.39 is 11.5 Å². The number of hydrogen-bond acceptors (Lipinski definition) is 2. The molecule has 98 valence electrons. The predicted octanol–water partition coefficient (Wildman–Crippen LogP) is 2.25. The van der Waals surface area contributed by atoms with Crippen LogP contribution in [0.3, 0.4) is 0 Å². The van der Waals surface area contributed by atoms with Gasteiger partial charge in [0.15, 0.2) is 0 Å². The second kappa shape index (κ2) is 5.87. The first kappa shape index (κ1) is 14.5. The summed E-state index contributed by atoms with van der Waals surface area (Å²) in [7, 11) is 0. The molecule has 0 aromatic heterocycles. The molecule has 1 aromatic rings. The Morgan fingerprint density at radius 1 is 1.44 bits per heavy atom. The molecule has 18 heavy (non-hydrogen) atoms. The van der Waals surface area contributed by atoms with Gasteiger partial charge in [-0.15, -0.1) is 0 Å². The third-order valence-corrected chi connectivity index (χ3v) is 3.08. The molecule has 0 fully saturated rings. The summed E-state index contributed by atoms with van der Waals surface area (Å²) < 4.78 is 0. The average molecular weight is 270 g/mol. The Morgan fingerprint density at radius 2 is 2.11 bits per heavy atom. The van der Waals surface area contributed by atoms with E-state index in [9.17, 15) is 9.59 Å². The lowest BCUT2D eigenvalue weighted by molar-refractivity contribution is -0.146. The van der Waals surface area contributed by atoms with Crippen molar-refractivity contribution in [2.45, 2.75) is 32.2 Å². The molecule has 2 N–H and O–H groups in total. The van der Waals surface area contributed by atoms with Gasteiger partial charge in [0.05, 0.1) is 6.42 Å². The van der Waals surface area contributed by atoms with E-state index in [1.165, 1.54) is 6.92 Å². The Morgan fingerprint density at radius 3 is 2.61 bits per heavy atom. The fourth-order valence-corrected chi connectivity index (χ4v) is 1.69. The first-order valence-corrected chi connectivity index (χ1v) is 6.04. The van der Waals surface area contributed by atoms with E-state index >= 15 is 0 Å². The number of carboxylic acids is 1. The van der Waals surface area contributed by atoms with Crippen LogP contribution < -0.4 is 5.32 Å². The summed E-state index contributed by atoms with van der Waals surface area (Å²) >= 11 is 5.81. The van der Waals surface area contributed by atoms with Crippen LogP contribution in [0.2, 0.25) is 5.02 Å². The van der Waals surface area contributed by atoms with Crippen molar-refractivity contribution in [3.05, 3.63) is 34.9 Å². The number of hydrogen-bond donors (Lipinski definition) is 2. The number of nitrogens with one attached hydrogen (secondary N) is 1. The number of carbonyl (C=O) groups excluding carboxylic acids is 1. The molecule has 0 radical (unpaired) electrons. The van der Waals surface area contributed by atoms with E-state index in [-0.39, 0.29) is 12.3 Å². The summed E-state index contributed by atoms with van der Waals surface area (Å²) in [6.45, 7) is 3.21. The quantitative estimate of drug-likeness (QED) is 0.862. The van der Waals surface area contributed by atoms with Gasteiger partial charge in [0, 0.05) is 5.02 Å². The summed E-state index contributed by atoms with van der Waals surface area (Å²) in [5, 5.41) is 12.1. The molecule has 0 bridgehead atoms.